The van der Waals surface area contributed by atoms with Crippen LogP contribution in [0.25, 0.3) is 11.1 Å². The van der Waals surface area contributed by atoms with E-state index in [2.05, 4.69) is 5.32 Å². The zero-order valence-corrected chi connectivity index (χ0v) is 22.3. The van der Waals surface area contributed by atoms with Crippen molar-refractivity contribution in [3.63, 3.8) is 0 Å². The maximum atomic E-state index is 13.5. The molecule has 0 aromatic heterocycles. The van der Waals surface area contributed by atoms with Gasteiger partial charge in [0.15, 0.2) is 0 Å². The van der Waals surface area contributed by atoms with Crippen LogP contribution >= 0.6 is 0 Å². The Bertz CT molecular complexity index is 1440. The molecule has 2 N–H and O–H groups in total. The van der Waals surface area contributed by atoms with Gasteiger partial charge in [-0.05, 0) is 40.2 Å². The third-order valence-corrected chi connectivity index (χ3v) is 8.41. The summed E-state index contributed by atoms with van der Waals surface area (Å²) in [6.45, 7) is 0.359. The number of aliphatic carboxylic acids is 1. The van der Waals surface area contributed by atoms with Crippen LogP contribution < -0.4 is 5.32 Å². The molecule has 0 radical (unpaired) electrons. The number of nitrogens with zero attached hydrogens (tertiary/aromatic N) is 1. The molecule has 2 saturated heterocycles. The molecule has 2 heterocycles. The Labute approximate surface area is 237 Å². The van der Waals surface area contributed by atoms with Gasteiger partial charge >= 0.3 is 18.0 Å². The summed E-state index contributed by atoms with van der Waals surface area (Å²) in [5.74, 6) is -3.02. The van der Waals surface area contributed by atoms with Crippen LogP contribution in [-0.4, -0.2) is 59.2 Å². The first-order chi connectivity index (χ1) is 19.9. The molecule has 2 aliphatic heterocycles. The molecule has 41 heavy (non-hydrogen) atoms. The molecule has 2 aliphatic carbocycles. The third-order valence-electron chi connectivity index (χ3n) is 8.41. The van der Waals surface area contributed by atoms with E-state index in [-0.39, 0.29) is 31.6 Å². The quantitative estimate of drug-likeness (QED) is 0.384. The number of carboxylic acids is 1. The largest absolute Gasteiger partial charge is 0.481 e. The lowest BCUT2D eigenvalue weighted by molar-refractivity contribution is -0.151. The molecule has 2 amide bonds. The fourth-order valence-corrected chi connectivity index (χ4v) is 6.38. The molecule has 3 fully saturated rings. The van der Waals surface area contributed by atoms with Crippen LogP contribution in [0.3, 0.4) is 0 Å². The van der Waals surface area contributed by atoms with Crippen molar-refractivity contribution >= 4 is 23.9 Å². The standard InChI is InChI=1S/C32H30N2O7/c35-28(40-17-19-8-2-1-3-9-19)15-26(30(36)34-16-20-14-27(34)29(20)31(37)38)33-32(39)41-18-25-23-12-6-4-10-21(23)22-11-5-7-13-24(22)25/h1-13,20,25-27,29H,14-18H2,(H,33,39)(H,37,38)/t20?,26-,27?,29?/m0/s1. The van der Waals surface area contributed by atoms with E-state index >= 15 is 0 Å². The van der Waals surface area contributed by atoms with Crippen molar-refractivity contribution in [2.45, 2.75) is 37.5 Å². The van der Waals surface area contributed by atoms with E-state index < -0.39 is 48.4 Å². The number of nitrogens with one attached hydrogen (secondary N) is 1. The van der Waals surface area contributed by atoms with Crippen molar-refractivity contribution < 1.29 is 33.8 Å². The van der Waals surface area contributed by atoms with Crippen LogP contribution in [0.1, 0.15) is 35.4 Å². The number of alkyl carbamates (subject to hydrolysis) is 1. The minimum Gasteiger partial charge on any atom is -0.481 e. The first kappa shape index (κ1) is 26.6. The van der Waals surface area contributed by atoms with Crippen molar-refractivity contribution in [1.82, 2.24) is 10.2 Å². The van der Waals surface area contributed by atoms with Crippen molar-refractivity contribution in [2.24, 2.45) is 11.8 Å². The number of carbonyl (C=O) groups excluding carboxylic acids is 3. The van der Waals surface area contributed by atoms with Crippen molar-refractivity contribution in [3.05, 3.63) is 95.6 Å². The number of benzene rings is 3. The summed E-state index contributed by atoms with van der Waals surface area (Å²) < 4.78 is 11.0. The number of carbonyl (C=O) groups is 4. The van der Waals surface area contributed by atoms with E-state index in [4.69, 9.17) is 9.47 Å². The fourth-order valence-electron chi connectivity index (χ4n) is 6.38. The number of amides is 2. The molecule has 9 heteroatoms. The molecule has 7 rings (SSSR count). The number of fused-ring (bicyclic) bond motifs is 4. The summed E-state index contributed by atoms with van der Waals surface area (Å²) in [4.78, 5) is 52.4. The van der Waals surface area contributed by atoms with Crippen LogP contribution in [0.15, 0.2) is 78.9 Å². The number of hydrogen-bond acceptors (Lipinski definition) is 6. The van der Waals surface area contributed by atoms with Crippen LogP contribution in [0.5, 0.6) is 0 Å². The number of rotatable bonds is 9. The molecule has 0 spiro atoms. The lowest BCUT2D eigenvalue weighted by Crippen LogP contribution is -2.52. The Morgan fingerprint density at radius 2 is 1.51 bits per heavy atom. The highest BCUT2D eigenvalue weighted by atomic mass is 16.5. The highest BCUT2D eigenvalue weighted by molar-refractivity contribution is 5.91. The topological polar surface area (TPSA) is 122 Å². The van der Waals surface area contributed by atoms with Crippen LogP contribution in [0, 0.1) is 11.8 Å². The smallest absolute Gasteiger partial charge is 0.407 e. The summed E-state index contributed by atoms with van der Waals surface area (Å²) in [5, 5.41) is 12.1. The van der Waals surface area contributed by atoms with E-state index in [9.17, 15) is 24.3 Å². The number of esters is 1. The van der Waals surface area contributed by atoms with Crippen molar-refractivity contribution in [2.75, 3.05) is 13.2 Å². The monoisotopic (exact) mass is 554 g/mol. The highest BCUT2D eigenvalue weighted by Gasteiger charge is 2.57. The van der Waals surface area contributed by atoms with Gasteiger partial charge in [0.1, 0.15) is 19.3 Å². The fraction of sp³-hybridized carbons (Fsp3) is 0.312. The molecule has 1 saturated carbocycles. The van der Waals surface area contributed by atoms with E-state index in [1.54, 1.807) is 0 Å². The Kier molecular flexibility index (Phi) is 7.17. The zero-order valence-electron chi connectivity index (χ0n) is 22.3. The Morgan fingerprint density at radius 1 is 0.878 bits per heavy atom. The van der Waals surface area contributed by atoms with Gasteiger partial charge in [0, 0.05) is 18.5 Å². The first-order valence-electron chi connectivity index (χ1n) is 13.7. The SMILES string of the molecule is O=C(C[C@H](NC(=O)OCC1c2ccccc2-c2ccccc21)C(=O)N1CC2CC1C2C(=O)O)OCc1ccccc1. The minimum atomic E-state index is -1.25. The molecular weight excluding hydrogens is 524 g/mol. The maximum Gasteiger partial charge on any atom is 0.407 e. The molecule has 3 aromatic carbocycles. The summed E-state index contributed by atoms with van der Waals surface area (Å²) >= 11 is 0. The van der Waals surface area contributed by atoms with Crippen LogP contribution in [0.4, 0.5) is 4.79 Å². The lowest BCUT2D eigenvalue weighted by Gasteiger charge is -2.34. The number of hydrogen-bond donors (Lipinski definition) is 2. The predicted molar refractivity (Wildman–Crippen MR) is 148 cm³/mol. The van der Waals surface area contributed by atoms with Gasteiger partial charge in [-0.15, -0.1) is 0 Å². The van der Waals surface area contributed by atoms with Crippen LogP contribution in [-0.2, 0) is 30.5 Å². The van der Waals surface area contributed by atoms with Gasteiger partial charge in [-0.3, -0.25) is 14.4 Å². The van der Waals surface area contributed by atoms with Gasteiger partial charge in [0.25, 0.3) is 0 Å². The molecule has 4 aliphatic rings. The summed E-state index contributed by atoms with van der Waals surface area (Å²) in [7, 11) is 0. The zero-order chi connectivity index (χ0) is 28.5. The average molecular weight is 555 g/mol. The van der Waals surface area contributed by atoms with Crippen molar-refractivity contribution in [1.29, 1.82) is 0 Å². The molecule has 2 bridgehead atoms. The first-order valence-corrected chi connectivity index (χ1v) is 13.7. The van der Waals surface area contributed by atoms with Gasteiger partial charge < -0.3 is 24.8 Å². The maximum absolute atomic E-state index is 13.5. The van der Waals surface area contributed by atoms with E-state index in [1.807, 2.05) is 78.9 Å². The second kappa shape index (κ2) is 11.1. The Balaban J connectivity index is 1.13. The summed E-state index contributed by atoms with van der Waals surface area (Å²) in [6, 6.07) is 23.4. The van der Waals surface area contributed by atoms with E-state index in [0.717, 1.165) is 27.8 Å². The van der Waals surface area contributed by atoms with Gasteiger partial charge in [-0.1, -0.05) is 78.9 Å². The number of carboxylic acid groups (broad SMARTS) is 1. The Hall–Kier alpha value is -4.66. The average Bonchev–Trinajstić information content (AvgIpc) is 3.66. The van der Waals surface area contributed by atoms with Gasteiger partial charge in [-0.2, -0.15) is 0 Å². The summed E-state index contributed by atoms with van der Waals surface area (Å²) in [5.41, 5.74) is 5.07. The molecule has 3 unspecified atom stereocenters. The van der Waals surface area contributed by atoms with Gasteiger partial charge in [-0.25, -0.2) is 4.79 Å². The normalized spacial score (nSPS) is 20.8. The van der Waals surface area contributed by atoms with Crippen molar-refractivity contribution in [3.8, 4) is 11.1 Å². The van der Waals surface area contributed by atoms with Crippen LogP contribution in [0.2, 0.25) is 0 Å². The molecule has 9 nitrogen and oxygen atoms in total. The second-order valence-corrected chi connectivity index (χ2v) is 10.8. The van der Waals surface area contributed by atoms with Gasteiger partial charge in [0.2, 0.25) is 5.91 Å². The van der Waals surface area contributed by atoms with E-state index in [0.29, 0.717) is 6.42 Å². The third kappa shape index (κ3) is 5.15. The Morgan fingerprint density at radius 3 is 2.15 bits per heavy atom. The predicted octanol–water partition coefficient (Wildman–Crippen LogP) is 3.96. The molecule has 3 aromatic rings. The van der Waals surface area contributed by atoms with Gasteiger partial charge in [0.05, 0.1) is 12.3 Å². The molecule has 210 valence electrons. The molecular formula is C32H30N2O7. The number of ether oxygens (including phenoxy) is 2. The lowest BCUT2D eigenvalue weighted by atomic mass is 9.74. The molecule has 4 atom stereocenters. The van der Waals surface area contributed by atoms with E-state index in [1.165, 1.54) is 4.90 Å². The summed E-state index contributed by atoms with van der Waals surface area (Å²) in [6.07, 6.45) is -0.636. The second-order valence-electron chi connectivity index (χ2n) is 10.8. The minimum absolute atomic E-state index is 0.0288. The highest BCUT2D eigenvalue weighted by Crippen LogP contribution is 2.47.